The normalized spacial score (nSPS) is 26.6. The van der Waals surface area contributed by atoms with E-state index in [-0.39, 0.29) is 49.5 Å². The largest absolute Gasteiger partial charge is 0.485 e. The Balaban J connectivity index is 1.49. The molecule has 0 amide bonds. The van der Waals surface area contributed by atoms with Gasteiger partial charge in [0.2, 0.25) is 0 Å². The molecule has 0 aromatic heterocycles. The number of aliphatic hydroxyl groups excluding tert-OH is 1. The highest BCUT2D eigenvalue weighted by atomic mass is 16.7. The molecule has 2 heterocycles. The van der Waals surface area contributed by atoms with Crippen molar-refractivity contribution in [2.75, 3.05) is 41.7 Å². The molecule has 0 spiro atoms. The number of methoxy groups -OCH3 is 3. The van der Waals surface area contributed by atoms with Gasteiger partial charge >= 0.3 is 0 Å². The quantitative estimate of drug-likeness (QED) is 0.242. The zero-order valence-corrected chi connectivity index (χ0v) is 27.4. The fourth-order valence-corrected chi connectivity index (χ4v) is 6.98. The second kappa shape index (κ2) is 12.9. The molecule has 242 valence electrons. The van der Waals surface area contributed by atoms with Gasteiger partial charge in [-0.05, 0) is 86.4 Å². The van der Waals surface area contributed by atoms with Gasteiger partial charge in [0.15, 0.2) is 25.1 Å². The molecule has 1 N–H and O–H groups in total. The highest BCUT2D eigenvalue weighted by molar-refractivity contribution is 5.74. The highest BCUT2D eigenvalue weighted by Crippen LogP contribution is 2.55. The van der Waals surface area contributed by atoms with E-state index >= 15 is 0 Å². The van der Waals surface area contributed by atoms with Gasteiger partial charge in [-0.2, -0.15) is 0 Å². The van der Waals surface area contributed by atoms with Gasteiger partial charge in [-0.3, -0.25) is 0 Å². The number of fused-ring (bicyclic) bond motifs is 3. The second-order valence-electron chi connectivity index (χ2n) is 13.5. The van der Waals surface area contributed by atoms with Crippen LogP contribution in [0.5, 0.6) is 23.0 Å². The standard InChI is InChI=1S/C35H48O9/c1-33(2)29-17-24-13-22(16-28(41-20-38-7)32(24)44-35(29,5)12-11-30(33)36)9-10-23-14-26(40-19-37-6)25-18-31(42-21-39-8)34(3,4)43-27(25)15-23/h9-10,13-16,29-31,36H,11-12,17-21H2,1-8H3/b10-9+/t29-,30-,31?,35-/m1/s1. The van der Waals surface area contributed by atoms with Crippen molar-refractivity contribution in [2.24, 2.45) is 11.3 Å². The van der Waals surface area contributed by atoms with Crippen LogP contribution in [-0.4, -0.2) is 70.2 Å². The number of benzene rings is 2. The van der Waals surface area contributed by atoms with E-state index < -0.39 is 5.60 Å². The van der Waals surface area contributed by atoms with E-state index in [1.807, 2.05) is 38.1 Å². The number of rotatable bonds is 11. The molecule has 1 unspecified atom stereocenters. The van der Waals surface area contributed by atoms with Crippen LogP contribution in [-0.2, 0) is 31.8 Å². The van der Waals surface area contributed by atoms with E-state index in [2.05, 4.69) is 32.9 Å². The van der Waals surface area contributed by atoms with Gasteiger partial charge < -0.3 is 43.0 Å². The predicted molar refractivity (Wildman–Crippen MR) is 167 cm³/mol. The summed E-state index contributed by atoms with van der Waals surface area (Å²) < 4.78 is 46.8. The lowest BCUT2D eigenvalue weighted by Gasteiger charge is -2.55. The number of hydrogen-bond donors (Lipinski definition) is 1. The van der Waals surface area contributed by atoms with Crippen LogP contribution in [0, 0.1) is 11.3 Å². The van der Waals surface area contributed by atoms with Crippen LogP contribution in [0.15, 0.2) is 24.3 Å². The first-order valence-electron chi connectivity index (χ1n) is 15.3. The fourth-order valence-electron chi connectivity index (χ4n) is 6.98. The SMILES string of the molecule is COCOc1cc(/C=C/c2cc3c(c(OCOC)c2)O[C@]2(C)CC[C@@H](O)C(C)(C)[C@H]2C3)cc2c1CC(OCOC)C(C)(C)O2. The minimum absolute atomic E-state index is 0.112. The van der Waals surface area contributed by atoms with Crippen LogP contribution in [0.3, 0.4) is 0 Å². The molecule has 44 heavy (non-hydrogen) atoms. The van der Waals surface area contributed by atoms with Crippen molar-refractivity contribution in [1.29, 1.82) is 0 Å². The van der Waals surface area contributed by atoms with Crippen molar-refractivity contribution in [2.45, 2.75) is 83.7 Å². The van der Waals surface area contributed by atoms with Crippen molar-refractivity contribution in [3.63, 3.8) is 0 Å². The van der Waals surface area contributed by atoms with Gasteiger partial charge in [0.05, 0.1) is 6.10 Å². The topological polar surface area (TPSA) is 94.1 Å². The van der Waals surface area contributed by atoms with Gasteiger partial charge in [-0.25, -0.2) is 0 Å². The third-order valence-electron chi connectivity index (χ3n) is 9.57. The number of aliphatic hydroxyl groups is 1. The van der Waals surface area contributed by atoms with E-state index in [4.69, 9.17) is 37.9 Å². The van der Waals surface area contributed by atoms with Gasteiger partial charge in [-0.15, -0.1) is 0 Å². The molecule has 2 aromatic rings. The zero-order chi connectivity index (χ0) is 31.7. The fraction of sp³-hybridized carbons (Fsp3) is 0.600. The maximum Gasteiger partial charge on any atom is 0.188 e. The van der Waals surface area contributed by atoms with Crippen LogP contribution in [0.2, 0.25) is 0 Å². The van der Waals surface area contributed by atoms with Crippen molar-refractivity contribution in [3.05, 3.63) is 46.5 Å². The van der Waals surface area contributed by atoms with Crippen molar-refractivity contribution < 1.29 is 43.0 Å². The molecule has 4 atom stereocenters. The maximum atomic E-state index is 10.9. The third kappa shape index (κ3) is 6.44. The summed E-state index contributed by atoms with van der Waals surface area (Å²) >= 11 is 0. The molecule has 3 aliphatic rings. The first kappa shape index (κ1) is 32.6. The van der Waals surface area contributed by atoms with Crippen LogP contribution >= 0.6 is 0 Å². The Morgan fingerprint density at radius 1 is 0.818 bits per heavy atom. The molecule has 2 aromatic carbocycles. The lowest BCUT2D eigenvalue weighted by molar-refractivity contribution is -0.139. The molecule has 0 saturated heterocycles. The van der Waals surface area contributed by atoms with Gasteiger partial charge in [0.1, 0.15) is 35.6 Å². The van der Waals surface area contributed by atoms with Crippen molar-refractivity contribution >= 4 is 12.2 Å². The first-order chi connectivity index (χ1) is 20.9. The molecule has 9 nitrogen and oxygen atoms in total. The molecule has 1 aliphatic carbocycles. The van der Waals surface area contributed by atoms with E-state index in [9.17, 15) is 5.11 Å². The molecule has 9 heteroatoms. The summed E-state index contributed by atoms with van der Waals surface area (Å²) in [5.41, 5.74) is 2.63. The maximum absolute atomic E-state index is 10.9. The number of ether oxygens (including phenoxy) is 8. The van der Waals surface area contributed by atoms with E-state index in [1.165, 1.54) is 0 Å². The Bertz CT molecular complexity index is 1350. The lowest BCUT2D eigenvalue weighted by atomic mass is 9.57. The molecule has 1 fully saturated rings. The summed E-state index contributed by atoms with van der Waals surface area (Å²) in [5, 5.41) is 10.9. The van der Waals surface area contributed by atoms with Gasteiger partial charge in [-0.1, -0.05) is 26.0 Å². The molecular formula is C35H48O9. The molecule has 1 saturated carbocycles. The predicted octanol–water partition coefficient (Wildman–Crippen LogP) is 6.02. The van der Waals surface area contributed by atoms with Gasteiger partial charge in [0, 0.05) is 39.2 Å². The van der Waals surface area contributed by atoms with Crippen LogP contribution in [0.25, 0.3) is 12.2 Å². The summed E-state index contributed by atoms with van der Waals surface area (Å²) in [6.07, 6.45) is 6.41. The Labute approximate surface area is 261 Å². The Hall–Kier alpha value is -2.82. The average molecular weight is 613 g/mol. The lowest BCUT2D eigenvalue weighted by Crippen LogP contribution is -2.58. The monoisotopic (exact) mass is 612 g/mol. The van der Waals surface area contributed by atoms with Crippen molar-refractivity contribution in [1.82, 2.24) is 0 Å². The third-order valence-corrected chi connectivity index (χ3v) is 9.57. The summed E-state index contributed by atoms with van der Waals surface area (Å²) in [6, 6.07) is 8.16. The molecule has 0 bridgehead atoms. The van der Waals surface area contributed by atoms with E-state index in [1.54, 1.807) is 21.3 Å². The Morgan fingerprint density at radius 2 is 1.45 bits per heavy atom. The molecular weight excluding hydrogens is 564 g/mol. The van der Waals surface area contributed by atoms with Crippen molar-refractivity contribution in [3.8, 4) is 23.0 Å². The van der Waals surface area contributed by atoms with Crippen LogP contribution in [0.4, 0.5) is 0 Å². The Morgan fingerprint density at radius 3 is 2.14 bits per heavy atom. The minimum Gasteiger partial charge on any atom is -0.485 e. The molecule has 0 radical (unpaired) electrons. The summed E-state index contributed by atoms with van der Waals surface area (Å²) in [7, 11) is 4.81. The average Bonchev–Trinajstić information content (AvgIpc) is 2.98. The second-order valence-corrected chi connectivity index (χ2v) is 13.5. The summed E-state index contributed by atoms with van der Waals surface area (Å²) in [6.45, 7) is 10.9. The molecule has 5 rings (SSSR count). The van der Waals surface area contributed by atoms with Crippen LogP contribution < -0.4 is 18.9 Å². The summed E-state index contributed by atoms with van der Waals surface area (Å²) in [4.78, 5) is 0. The first-order valence-corrected chi connectivity index (χ1v) is 15.3. The van der Waals surface area contributed by atoms with Gasteiger partial charge in [0.25, 0.3) is 0 Å². The van der Waals surface area contributed by atoms with E-state index in [0.29, 0.717) is 24.3 Å². The van der Waals surface area contributed by atoms with Crippen LogP contribution in [0.1, 0.15) is 69.7 Å². The van der Waals surface area contributed by atoms with E-state index in [0.717, 1.165) is 46.6 Å². The highest BCUT2D eigenvalue weighted by Gasteiger charge is 2.55. The smallest absolute Gasteiger partial charge is 0.188 e. The minimum atomic E-state index is -0.562. The molecule has 2 aliphatic heterocycles. The zero-order valence-electron chi connectivity index (χ0n) is 27.4. The Kier molecular flexibility index (Phi) is 9.54. The summed E-state index contributed by atoms with van der Waals surface area (Å²) in [5.74, 6) is 3.00. The number of hydrogen-bond acceptors (Lipinski definition) is 9.